The smallest absolute Gasteiger partial charge is 0.408 e. The van der Waals surface area contributed by atoms with Crippen LogP contribution in [0.25, 0.3) is 0 Å². The van der Waals surface area contributed by atoms with Crippen LogP contribution < -0.4 is 16.4 Å². The maximum Gasteiger partial charge on any atom is 0.408 e. The SMILES string of the molecule is CCOC(=O)CCNC(=O)C(c1cccc(C)c1)N(C(=O)C(CC(N)=O)NC(=O)OC(C)(C)C)C1CC1. The molecule has 2 atom stereocenters. The average Bonchev–Trinajstić information content (AvgIpc) is 3.60. The van der Waals surface area contributed by atoms with Gasteiger partial charge < -0.3 is 30.7 Å². The second-order valence-corrected chi connectivity index (χ2v) is 10.0. The lowest BCUT2D eigenvalue weighted by molar-refractivity contribution is -0.145. The van der Waals surface area contributed by atoms with Crippen molar-refractivity contribution < 1.29 is 33.4 Å². The number of benzene rings is 1. The molecule has 0 bridgehead atoms. The predicted molar refractivity (Wildman–Crippen MR) is 135 cm³/mol. The van der Waals surface area contributed by atoms with Crippen molar-refractivity contribution in [2.75, 3.05) is 13.2 Å². The fourth-order valence-corrected chi connectivity index (χ4v) is 3.80. The van der Waals surface area contributed by atoms with Gasteiger partial charge in [0.1, 0.15) is 17.7 Å². The van der Waals surface area contributed by atoms with Crippen molar-refractivity contribution in [2.24, 2.45) is 5.73 Å². The lowest BCUT2D eigenvalue weighted by Gasteiger charge is -2.34. The van der Waals surface area contributed by atoms with Crippen LogP contribution in [-0.4, -0.2) is 65.5 Å². The first kappa shape index (κ1) is 29.6. The zero-order chi connectivity index (χ0) is 27.8. The van der Waals surface area contributed by atoms with Crippen molar-refractivity contribution in [1.29, 1.82) is 0 Å². The number of carbonyl (C=O) groups excluding carboxylic acids is 5. The third-order valence-electron chi connectivity index (χ3n) is 5.41. The van der Waals surface area contributed by atoms with Crippen molar-refractivity contribution in [3.05, 3.63) is 35.4 Å². The number of nitrogens with two attached hydrogens (primary N) is 1. The number of esters is 1. The number of ether oxygens (including phenoxy) is 2. The maximum absolute atomic E-state index is 13.8. The minimum absolute atomic E-state index is 0.0214. The molecule has 0 radical (unpaired) electrons. The lowest BCUT2D eigenvalue weighted by Crippen LogP contribution is -2.54. The molecule has 0 heterocycles. The van der Waals surface area contributed by atoms with E-state index in [1.165, 1.54) is 4.90 Å². The van der Waals surface area contributed by atoms with E-state index in [1.807, 2.05) is 13.0 Å². The van der Waals surface area contributed by atoms with Crippen molar-refractivity contribution in [2.45, 2.75) is 84.0 Å². The van der Waals surface area contributed by atoms with Gasteiger partial charge in [-0.3, -0.25) is 19.2 Å². The molecule has 0 saturated heterocycles. The Labute approximate surface area is 217 Å². The van der Waals surface area contributed by atoms with E-state index in [0.717, 1.165) is 5.56 Å². The van der Waals surface area contributed by atoms with E-state index >= 15 is 0 Å². The summed E-state index contributed by atoms with van der Waals surface area (Å²) in [5, 5.41) is 5.17. The zero-order valence-electron chi connectivity index (χ0n) is 22.2. The Morgan fingerprint density at radius 3 is 2.38 bits per heavy atom. The quantitative estimate of drug-likeness (QED) is 0.356. The first-order chi connectivity index (χ1) is 17.3. The highest BCUT2D eigenvalue weighted by molar-refractivity contribution is 5.95. The van der Waals surface area contributed by atoms with Crippen LogP contribution in [0.2, 0.25) is 0 Å². The number of rotatable bonds is 12. The molecule has 1 aliphatic carbocycles. The van der Waals surface area contributed by atoms with Crippen LogP contribution in [0.5, 0.6) is 0 Å². The van der Waals surface area contributed by atoms with E-state index in [1.54, 1.807) is 45.9 Å². The van der Waals surface area contributed by atoms with Gasteiger partial charge in [0, 0.05) is 12.6 Å². The highest BCUT2D eigenvalue weighted by Crippen LogP contribution is 2.36. The highest BCUT2D eigenvalue weighted by atomic mass is 16.6. The standard InChI is InChI=1S/C26H38N4O7/c1-6-36-21(32)12-13-28-23(33)22(17-9-7-8-16(2)14-17)30(18-10-11-18)24(34)19(15-20(27)31)29-25(35)37-26(3,4)5/h7-9,14,18-19,22H,6,10-13,15H2,1-5H3,(H2,27,31)(H,28,33)(H,29,35). The van der Waals surface area contributed by atoms with Gasteiger partial charge >= 0.3 is 12.1 Å². The van der Waals surface area contributed by atoms with E-state index in [2.05, 4.69) is 10.6 Å². The Morgan fingerprint density at radius 2 is 1.84 bits per heavy atom. The second-order valence-electron chi connectivity index (χ2n) is 10.0. The minimum Gasteiger partial charge on any atom is -0.466 e. The molecule has 1 aromatic rings. The molecule has 1 saturated carbocycles. The summed E-state index contributed by atoms with van der Waals surface area (Å²) in [6.45, 7) is 8.81. The number of alkyl carbamates (subject to hydrolysis) is 1. The van der Waals surface area contributed by atoms with E-state index in [4.69, 9.17) is 15.2 Å². The summed E-state index contributed by atoms with van der Waals surface area (Å²) in [7, 11) is 0. The largest absolute Gasteiger partial charge is 0.466 e. The highest BCUT2D eigenvalue weighted by Gasteiger charge is 2.44. The summed E-state index contributed by atoms with van der Waals surface area (Å²) in [6.07, 6.45) is -0.0671. The van der Waals surface area contributed by atoms with Crippen LogP contribution in [0.4, 0.5) is 4.79 Å². The molecule has 4 N–H and O–H groups in total. The normalized spacial score (nSPS) is 14.6. The van der Waals surface area contributed by atoms with Gasteiger partial charge in [0.25, 0.3) is 0 Å². The molecule has 2 unspecified atom stereocenters. The van der Waals surface area contributed by atoms with Gasteiger partial charge in [-0.2, -0.15) is 0 Å². The molecular weight excluding hydrogens is 480 g/mol. The molecule has 1 aliphatic rings. The van der Waals surface area contributed by atoms with Gasteiger partial charge in [0.15, 0.2) is 0 Å². The van der Waals surface area contributed by atoms with Crippen molar-refractivity contribution >= 4 is 29.8 Å². The number of aryl methyl sites for hydroxylation is 1. The van der Waals surface area contributed by atoms with Crippen molar-refractivity contribution in [3.8, 4) is 0 Å². The van der Waals surface area contributed by atoms with Gasteiger partial charge in [-0.25, -0.2) is 4.79 Å². The fourth-order valence-electron chi connectivity index (χ4n) is 3.80. The summed E-state index contributed by atoms with van der Waals surface area (Å²) in [6, 6.07) is 4.51. The van der Waals surface area contributed by atoms with Crippen molar-refractivity contribution in [1.82, 2.24) is 15.5 Å². The molecule has 204 valence electrons. The van der Waals surface area contributed by atoms with Gasteiger partial charge in [-0.15, -0.1) is 0 Å². The van der Waals surface area contributed by atoms with E-state index in [9.17, 15) is 24.0 Å². The van der Waals surface area contributed by atoms with Crippen LogP contribution in [-0.2, 0) is 28.7 Å². The Hall–Kier alpha value is -3.63. The average molecular weight is 519 g/mol. The van der Waals surface area contributed by atoms with Gasteiger partial charge in [-0.05, 0) is 53.0 Å². The van der Waals surface area contributed by atoms with Crippen LogP contribution >= 0.6 is 0 Å². The van der Waals surface area contributed by atoms with E-state index < -0.39 is 53.9 Å². The summed E-state index contributed by atoms with van der Waals surface area (Å²) in [5.41, 5.74) is 6.00. The summed E-state index contributed by atoms with van der Waals surface area (Å²) < 4.78 is 10.2. The minimum atomic E-state index is -1.33. The number of carbonyl (C=O) groups is 5. The van der Waals surface area contributed by atoms with Crippen LogP contribution in [0.3, 0.4) is 0 Å². The first-order valence-corrected chi connectivity index (χ1v) is 12.4. The van der Waals surface area contributed by atoms with Crippen LogP contribution in [0.15, 0.2) is 24.3 Å². The Balaban J connectivity index is 2.37. The number of nitrogens with zero attached hydrogens (tertiary/aromatic N) is 1. The third-order valence-corrected chi connectivity index (χ3v) is 5.41. The number of hydrogen-bond donors (Lipinski definition) is 3. The summed E-state index contributed by atoms with van der Waals surface area (Å²) in [4.78, 5) is 64.7. The molecule has 37 heavy (non-hydrogen) atoms. The lowest BCUT2D eigenvalue weighted by atomic mass is 10.00. The first-order valence-electron chi connectivity index (χ1n) is 12.4. The number of hydrogen-bond acceptors (Lipinski definition) is 7. The number of nitrogens with one attached hydrogen (secondary N) is 2. The molecule has 1 aromatic carbocycles. The van der Waals surface area contributed by atoms with E-state index in [-0.39, 0.29) is 25.6 Å². The molecule has 0 aromatic heterocycles. The summed E-state index contributed by atoms with van der Waals surface area (Å²) >= 11 is 0. The molecule has 4 amide bonds. The van der Waals surface area contributed by atoms with E-state index in [0.29, 0.717) is 18.4 Å². The summed E-state index contributed by atoms with van der Waals surface area (Å²) in [5.74, 6) is -2.37. The molecule has 0 aliphatic heterocycles. The fraction of sp³-hybridized carbons (Fsp3) is 0.577. The zero-order valence-corrected chi connectivity index (χ0v) is 22.2. The second kappa shape index (κ2) is 13.1. The monoisotopic (exact) mass is 518 g/mol. The number of primary amides is 1. The maximum atomic E-state index is 13.8. The van der Waals surface area contributed by atoms with Crippen LogP contribution in [0.1, 0.15) is 70.5 Å². The molecular formula is C26H38N4O7. The van der Waals surface area contributed by atoms with Gasteiger partial charge in [-0.1, -0.05) is 29.8 Å². The number of amides is 4. The Bertz CT molecular complexity index is 1000. The Kier molecular flexibility index (Phi) is 10.5. The van der Waals surface area contributed by atoms with Gasteiger partial charge in [0.05, 0.1) is 19.4 Å². The van der Waals surface area contributed by atoms with Crippen LogP contribution in [0, 0.1) is 6.92 Å². The molecule has 2 rings (SSSR count). The predicted octanol–water partition coefficient (Wildman–Crippen LogP) is 1.87. The van der Waals surface area contributed by atoms with Crippen molar-refractivity contribution in [3.63, 3.8) is 0 Å². The third kappa shape index (κ3) is 9.74. The molecule has 11 nitrogen and oxygen atoms in total. The molecule has 0 spiro atoms. The molecule has 1 fully saturated rings. The topological polar surface area (TPSA) is 157 Å². The Morgan fingerprint density at radius 1 is 1.16 bits per heavy atom. The van der Waals surface area contributed by atoms with Gasteiger partial charge in [0.2, 0.25) is 17.7 Å². The molecule has 11 heteroatoms.